The normalized spacial score (nSPS) is 16.4. The standard InChI is InChI=1S/C20H10ClFN8O/c21-20-28(10-23)9-15-29(20)14-4-2-1-3-13(14)17-25-26-18(30(15)17)16-24-19(31-27-16)11-5-7-12(22)8-6-11/h1-9,20H. The van der Waals surface area contributed by atoms with Gasteiger partial charge >= 0.3 is 0 Å². The lowest BCUT2D eigenvalue weighted by molar-refractivity contribution is 0.431. The van der Waals surface area contributed by atoms with Gasteiger partial charge in [0.25, 0.3) is 5.89 Å². The lowest BCUT2D eigenvalue weighted by Crippen LogP contribution is -2.36. The van der Waals surface area contributed by atoms with E-state index in [2.05, 4.69) is 26.5 Å². The zero-order valence-corrected chi connectivity index (χ0v) is 16.3. The van der Waals surface area contributed by atoms with Crippen LogP contribution in [-0.4, -0.2) is 35.4 Å². The second kappa shape index (κ2) is 6.38. The minimum absolute atomic E-state index is 0.194. The van der Waals surface area contributed by atoms with Gasteiger partial charge in [-0.1, -0.05) is 28.9 Å². The summed E-state index contributed by atoms with van der Waals surface area (Å²) in [7, 11) is 0. The van der Waals surface area contributed by atoms with Crippen LogP contribution in [0.25, 0.3) is 40.3 Å². The van der Waals surface area contributed by atoms with E-state index in [9.17, 15) is 9.65 Å². The first kappa shape index (κ1) is 17.6. The molecule has 2 aromatic heterocycles. The summed E-state index contributed by atoms with van der Waals surface area (Å²) >= 11 is 6.55. The Morgan fingerprint density at radius 3 is 2.65 bits per heavy atom. The average Bonchev–Trinajstić information content (AvgIpc) is 3.51. The van der Waals surface area contributed by atoms with Crippen molar-refractivity contribution >= 4 is 23.1 Å². The molecule has 2 aliphatic heterocycles. The second-order valence-corrected chi connectivity index (χ2v) is 7.20. The van der Waals surface area contributed by atoms with E-state index in [1.165, 1.54) is 17.0 Å². The molecule has 4 heterocycles. The van der Waals surface area contributed by atoms with Crippen molar-refractivity contribution in [3.63, 3.8) is 0 Å². The summed E-state index contributed by atoms with van der Waals surface area (Å²) in [6.45, 7) is 0. The molecule has 6 rings (SSSR count). The van der Waals surface area contributed by atoms with Crippen molar-refractivity contribution in [3.8, 4) is 40.7 Å². The minimum atomic E-state index is -0.746. The summed E-state index contributed by atoms with van der Waals surface area (Å²) in [5.74, 6) is 1.52. The Hall–Kier alpha value is -4.23. The number of benzene rings is 2. The first-order valence-corrected chi connectivity index (χ1v) is 9.58. The van der Waals surface area contributed by atoms with Gasteiger partial charge < -0.3 is 4.52 Å². The van der Waals surface area contributed by atoms with E-state index in [0.29, 0.717) is 23.0 Å². The molecule has 1 unspecified atom stereocenters. The van der Waals surface area contributed by atoms with Crippen LogP contribution in [0.3, 0.4) is 0 Å². The molecule has 0 saturated heterocycles. The Kier molecular flexibility index (Phi) is 3.63. The smallest absolute Gasteiger partial charge is 0.258 e. The summed E-state index contributed by atoms with van der Waals surface area (Å²) in [4.78, 5) is 7.54. The van der Waals surface area contributed by atoms with Crippen LogP contribution >= 0.6 is 11.6 Å². The monoisotopic (exact) mass is 432 g/mol. The number of anilines is 1. The Labute approximate surface area is 179 Å². The van der Waals surface area contributed by atoms with Crippen molar-refractivity contribution in [3.05, 3.63) is 60.5 Å². The summed E-state index contributed by atoms with van der Waals surface area (Å²) in [6.07, 6.45) is 3.68. The second-order valence-electron chi connectivity index (χ2n) is 6.81. The van der Waals surface area contributed by atoms with E-state index in [1.54, 1.807) is 27.8 Å². The van der Waals surface area contributed by atoms with Crippen LogP contribution in [0.2, 0.25) is 0 Å². The van der Waals surface area contributed by atoms with Crippen LogP contribution in [0.1, 0.15) is 0 Å². The average molecular weight is 433 g/mol. The number of nitriles is 1. The number of aromatic nitrogens is 5. The van der Waals surface area contributed by atoms with E-state index in [4.69, 9.17) is 16.1 Å². The molecule has 0 N–H and O–H groups in total. The summed E-state index contributed by atoms with van der Waals surface area (Å²) in [5, 5.41) is 22.1. The topological polar surface area (TPSA) is 99.9 Å². The van der Waals surface area contributed by atoms with Gasteiger partial charge in [-0.15, -0.1) is 10.2 Å². The quantitative estimate of drug-likeness (QED) is 0.268. The highest BCUT2D eigenvalue weighted by molar-refractivity contribution is 6.23. The lowest BCUT2D eigenvalue weighted by atomic mass is 10.1. The first-order chi connectivity index (χ1) is 15.2. The van der Waals surface area contributed by atoms with Crippen LogP contribution in [0.15, 0.2) is 59.3 Å². The maximum absolute atomic E-state index is 13.2. The predicted molar refractivity (Wildman–Crippen MR) is 108 cm³/mol. The third kappa shape index (κ3) is 2.47. The maximum Gasteiger partial charge on any atom is 0.258 e. The van der Waals surface area contributed by atoms with Crippen LogP contribution in [-0.2, 0) is 0 Å². The fourth-order valence-electron chi connectivity index (χ4n) is 3.68. The number of fused-ring (bicyclic) bond motifs is 6. The molecule has 0 fully saturated rings. The number of hydrogen-bond donors (Lipinski definition) is 0. The van der Waals surface area contributed by atoms with E-state index in [1.807, 2.05) is 24.3 Å². The van der Waals surface area contributed by atoms with Crippen LogP contribution in [0, 0.1) is 17.3 Å². The zero-order chi connectivity index (χ0) is 21.1. The maximum atomic E-state index is 13.2. The summed E-state index contributed by atoms with van der Waals surface area (Å²) in [5.41, 5.74) is 1.43. The van der Waals surface area contributed by atoms with Gasteiger partial charge in [0.15, 0.2) is 17.6 Å². The van der Waals surface area contributed by atoms with Gasteiger partial charge in [0.1, 0.15) is 11.6 Å². The number of nitrogens with zero attached hydrogens (tertiary/aromatic N) is 8. The Morgan fingerprint density at radius 2 is 1.84 bits per heavy atom. The zero-order valence-electron chi connectivity index (χ0n) is 15.5. The first-order valence-electron chi connectivity index (χ1n) is 9.14. The molecule has 2 aliphatic rings. The van der Waals surface area contributed by atoms with Crippen molar-refractivity contribution in [2.75, 3.05) is 4.90 Å². The molecule has 2 aromatic carbocycles. The van der Waals surface area contributed by atoms with Crippen molar-refractivity contribution in [1.82, 2.24) is 29.8 Å². The fourth-order valence-corrected chi connectivity index (χ4v) is 3.98. The molecule has 4 aromatic rings. The highest BCUT2D eigenvalue weighted by Gasteiger charge is 2.41. The molecule has 1 atom stereocenters. The highest BCUT2D eigenvalue weighted by atomic mass is 35.5. The molecule has 0 bridgehead atoms. The Balaban J connectivity index is 1.52. The van der Waals surface area contributed by atoms with Crippen molar-refractivity contribution < 1.29 is 8.91 Å². The molecule has 0 aliphatic carbocycles. The molecular weight excluding hydrogens is 423 g/mol. The van der Waals surface area contributed by atoms with Gasteiger partial charge in [0.2, 0.25) is 11.6 Å². The summed E-state index contributed by atoms with van der Waals surface area (Å²) in [6, 6.07) is 13.3. The van der Waals surface area contributed by atoms with Crippen LogP contribution < -0.4 is 4.90 Å². The van der Waals surface area contributed by atoms with E-state index in [0.717, 1.165) is 11.3 Å². The van der Waals surface area contributed by atoms with Crippen LogP contribution in [0.5, 0.6) is 0 Å². The summed E-state index contributed by atoms with van der Waals surface area (Å²) < 4.78 is 20.3. The molecule has 0 radical (unpaired) electrons. The molecule has 9 nitrogen and oxygen atoms in total. The van der Waals surface area contributed by atoms with Gasteiger partial charge in [-0.2, -0.15) is 10.2 Å². The van der Waals surface area contributed by atoms with Crippen molar-refractivity contribution in [2.45, 2.75) is 5.62 Å². The Bertz CT molecular complexity index is 1400. The van der Waals surface area contributed by atoms with E-state index < -0.39 is 5.62 Å². The van der Waals surface area contributed by atoms with Gasteiger partial charge in [-0.05, 0) is 36.4 Å². The number of para-hydroxylation sites is 1. The molecule has 11 heteroatoms. The Morgan fingerprint density at radius 1 is 1.06 bits per heavy atom. The minimum Gasteiger partial charge on any atom is -0.333 e. The highest BCUT2D eigenvalue weighted by Crippen LogP contribution is 2.46. The fraction of sp³-hybridized carbons (Fsp3) is 0.0500. The molecule has 0 saturated carbocycles. The predicted octanol–water partition coefficient (Wildman–Crippen LogP) is 3.70. The van der Waals surface area contributed by atoms with Crippen LogP contribution in [0.4, 0.5) is 10.1 Å². The van der Waals surface area contributed by atoms with E-state index >= 15 is 0 Å². The number of halogens is 2. The largest absolute Gasteiger partial charge is 0.333 e. The number of hydrogen-bond acceptors (Lipinski definition) is 8. The molecule has 0 spiro atoms. The van der Waals surface area contributed by atoms with Gasteiger partial charge in [-0.25, -0.2) is 9.29 Å². The van der Waals surface area contributed by atoms with E-state index in [-0.39, 0.29) is 17.5 Å². The molecule has 150 valence electrons. The molecule has 0 amide bonds. The third-order valence-electron chi connectivity index (χ3n) is 5.07. The van der Waals surface area contributed by atoms with Crippen molar-refractivity contribution in [2.24, 2.45) is 0 Å². The van der Waals surface area contributed by atoms with Gasteiger partial charge in [0, 0.05) is 11.1 Å². The van der Waals surface area contributed by atoms with Gasteiger partial charge in [-0.3, -0.25) is 9.47 Å². The number of alkyl halides is 1. The lowest BCUT2D eigenvalue weighted by Gasteiger charge is -2.32. The molecular formula is C20H10ClFN8O. The number of rotatable bonds is 2. The van der Waals surface area contributed by atoms with Gasteiger partial charge in [0.05, 0.1) is 11.9 Å². The SMILES string of the molecule is N#CN1C=C2N(c3ccccc3-c3nnc(-c4noc(-c5ccc(F)cc5)n4)n32)C1Cl. The third-order valence-corrected chi connectivity index (χ3v) is 5.48. The van der Waals surface area contributed by atoms with Crippen molar-refractivity contribution in [1.29, 1.82) is 5.26 Å². The molecule has 31 heavy (non-hydrogen) atoms.